The molecule has 0 bridgehead atoms. The van der Waals surface area contributed by atoms with E-state index in [0.29, 0.717) is 21.8 Å². The molecule has 0 spiro atoms. The first kappa shape index (κ1) is 26.3. The average molecular weight is 508 g/mol. The minimum atomic E-state index is -1.67. The van der Waals surface area contributed by atoms with E-state index in [1.165, 1.54) is 30.3 Å². The molecule has 0 aromatic heterocycles. The zero-order chi connectivity index (χ0) is 26.4. The lowest BCUT2D eigenvalue weighted by atomic mass is 10.0. The van der Waals surface area contributed by atoms with Gasteiger partial charge in [0.1, 0.15) is 5.75 Å². The van der Waals surface area contributed by atoms with Gasteiger partial charge in [-0.3, -0.25) is 19.2 Å². The van der Waals surface area contributed by atoms with Crippen LogP contribution in [0.15, 0.2) is 60.7 Å². The number of hydrogen-bond acceptors (Lipinski definition) is 6. The molecule has 3 rings (SSSR count). The van der Waals surface area contributed by atoms with Crippen molar-refractivity contribution in [1.29, 1.82) is 0 Å². The molecule has 2 N–H and O–H groups in total. The zero-order valence-corrected chi connectivity index (χ0v) is 20.2. The number of benzene rings is 3. The fraction of sp³-hybridized carbons (Fsp3) is 0.148. The van der Waals surface area contributed by atoms with Crippen molar-refractivity contribution in [3.05, 3.63) is 93.5 Å². The molecular weight excluding hydrogens is 486 g/mol. The Bertz CT molecular complexity index is 1380. The number of amides is 1. The molecule has 0 unspecified atom stereocenters. The molecule has 3 aromatic rings. The number of aliphatic carboxylic acids is 1. The number of ketones is 3. The SMILES string of the molecule is Cc1cccc(C(=O)c2cc(Cl)ccc2OCC(=O)Nc2ccc(C(=O)CC(=O)C(=O)O)cc2C)c1. The summed E-state index contributed by atoms with van der Waals surface area (Å²) in [6.45, 7) is 3.11. The number of carboxylic acids is 1. The second-order valence-corrected chi connectivity index (χ2v) is 8.47. The molecule has 0 fully saturated rings. The molecule has 8 nitrogen and oxygen atoms in total. The van der Waals surface area contributed by atoms with Crippen LogP contribution in [0, 0.1) is 13.8 Å². The van der Waals surface area contributed by atoms with Gasteiger partial charge in [0.15, 0.2) is 18.2 Å². The summed E-state index contributed by atoms with van der Waals surface area (Å²) in [4.78, 5) is 59.6. The monoisotopic (exact) mass is 507 g/mol. The summed E-state index contributed by atoms with van der Waals surface area (Å²) in [6.07, 6.45) is -0.751. The largest absolute Gasteiger partial charge is 0.483 e. The van der Waals surface area contributed by atoms with E-state index in [0.717, 1.165) is 5.56 Å². The van der Waals surface area contributed by atoms with Crippen LogP contribution in [0.1, 0.15) is 43.8 Å². The Morgan fingerprint density at radius 2 is 1.67 bits per heavy atom. The van der Waals surface area contributed by atoms with Crippen molar-refractivity contribution in [3.8, 4) is 5.75 Å². The van der Waals surface area contributed by atoms with Gasteiger partial charge < -0.3 is 15.2 Å². The molecule has 0 aliphatic rings. The highest BCUT2D eigenvalue weighted by molar-refractivity contribution is 6.37. The fourth-order valence-corrected chi connectivity index (χ4v) is 3.55. The molecule has 184 valence electrons. The van der Waals surface area contributed by atoms with Crippen LogP contribution in [-0.4, -0.2) is 40.9 Å². The van der Waals surface area contributed by atoms with Gasteiger partial charge in [0.05, 0.1) is 12.0 Å². The highest BCUT2D eigenvalue weighted by Crippen LogP contribution is 2.26. The van der Waals surface area contributed by atoms with Crippen molar-refractivity contribution in [2.45, 2.75) is 20.3 Å². The Kier molecular flexibility index (Phi) is 8.34. The van der Waals surface area contributed by atoms with Crippen molar-refractivity contribution in [1.82, 2.24) is 0 Å². The maximum absolute atomic E-state index is 13.0. The lowest BCUT2D eigenvalue weighted by Gasteiger charge is -2.13. The smallest absolute Gasteiger partial charge is 0.372 e. The summed E-state index contributed by atoms with van der Waals surface area (Å²) in [5.74, 6) is -4.12. The Morgan fingerprint density at radius 1 is 0.917 bits per heavy atom. The highest BCUT2D eigenvalue weighted by Gasteiger charge is 2.19. The van der Waals surface area contributed by atoms with Crippen LogP contribution in [0.25, 0.3) is 0 Å². The number of ether oxygens (including phenoxy) is 1. The van der Waals surface area contributed by atoms with E-state index in [2.05, 4.69) is 5.32 Å². The number of halogens is 1. The molecule has 36 heavy (non-hydrogen) atoms. The van der Waals surface area contributed by atoms with E-state index < -0.39 is 36.5 Å². The predicted molar refractivity (Wildman–Crippen MR) is 133 cm³/mol. The number of carbonyl (C=O) groups excluding carboxylic acids is 4. The number of hydrogen-bond donors (Lipinski definition) is 2. The Labute approximate surface area is 211 Å². The van der Waals surface area contributed by atoms with Gasteiger partial charge in [-0.05, 0) is 61.9 Å². The van der Waals surface area contributed by atoms with E-state index in [9.17, 15) is 24.0 Å². The quantitative estimate of drug-likeness (QED) is 0.236. The predicted octanol–water partition coefficient (Wildman–Crippen LogP) is 4.43. The summed E-state index contributed by atoms with van der Waals surface area (Å²) in [5.41, 5.74) is 2.67. The second kappa shape index (κ2) is 11.4. The molecule has 0 radical (unpaired) electrons. The van der Waals surface area contributed by atoms with Gasteiger partial charge in [0.2, 0.25) is 5.78 Å². The zero-order valence-electron chi connectivity index (χ0n) is 19.5. The number of anilines is 1. The number of nitrogens with one attached hydrogen (secondary N) is 1. The Balaban J connectivity index is 1.68. The molecule has 0 saturated heterocycles. The lowest BCUT2D eigenvalue weighted by molar-refractivity contribution is -0.148. The number of Topliss-reactive ketones (excluding diaryl/α,β-unsaturated/α-hetero) is 2. The van der Waals surface area contributed by atoms with Crippen LogP contribution in [-0.2, 0) is 14.4 Å². The molecule has 1 amide bonds. The summed E-state index contributed by atoms with van der Waals surface area (Å²) in [7, 11) is 0. The van der Waals surface area contributed by atoms with Gasteiger partial charge in [-0.1, -0.05) is 35.4 Å². The van der Waals surface area contributed by atoms with E-state index in [1.54, 1.807) is 31.2 Å². The Morgan fingerprint density at radius 3 is 2.33 bits per heavy atom. The van der Waals surface area contributed by atoms with Gasteiger partial charge in [-0.2, -0.15) is 0 Å². The number of aryl methyl sites for hydroxylation is 2. The third kappa shape index (κ3) is 6.64. The maximum Gasteiger partial charge on any atom is 0.372 e. The van der Waals surface area contributed by atoms with Crippen LogP contribution >= 0.6 is 11.6 Å². The summed E-state index contributed by atoms with van der Waals surface area (Å²) in [5, 5.41) is 11.7. The summed E-state index contributed by atoms with van der Waals surface area (Å²) in [6, 6.07) is 15.9. The van der Waals surface area contributed by atoms with Crippen molar-refractivity contribution in [2.24, 2.45) is 0 Å². The summed E-state index contributed by atoms with van der Waals surface area (Å²) >= 11 is 6.09. The molecule has 0 aliphatic heterocycles. The van der Waals surface area contributed by atoms with E-state index in [-0.39, 0.29) is 22.7 Å². The highest BCUT2D eigenvalue weighted by atomic mass is 35.5. The minimum absolute atomic E-state index is 0.150. The first-order valence-corrected chi connectivity index (χ1v) is 11.2. The third-order valence-corrected chi connectivity index (χ3v) is 5.44. The topological polar surface area (TPSA) is 127 Å². The summed E-state index contributed by atoms with van der Waals surface area (Å²) < 4.78 is 5.63. The van der Waals surface area contributed by atoms with Crippen molar-refractivity contribution >= 4 is 46.5 Å². The van der Waals surface area contributed by atoms with Crippen LogP contribution in [0.5, 0.6) is 5.75 Å². The minimum Gasteiger partial charge on any atom is -0.483 e. The third-order valence-electron chi connectivity index (χ3n) is 5.21. The van der Waals surface area contributed by atoms with Crippen molar-refractivity contribution in [2.75, 3.05) is 11.9 Å². The Hall–Kier alpha value is -4.30. The van der Waals surface area contributed by atoms with Gasteiger partial charge in [0.25, 0.3) is 5.91 Å². The maximum atomic E-state index is 13.0. The number of rotatable bonds is 10. The van der Waals surface area contributed by atoms with Crippen LogP contribution in [0.3, 0.4) is 0 Å². The normalized spacial score (nSPS) is 10.4. The van der Waals surface area contributed by atoms with Crippen LogP contribution in [0.2, 0.25) is 5.02 Å². The lowest BCUT2D eigenvalue weighted by Crippen LogP contribution is -2.21. The van der Waals surface area contributed by atoms with Crippen molar-refractivity contribution < 1.29 is 33.8 Å². The van der Waals surface area contributed by atoms with E-state index in [1.807, 2.05) is 13.0 Å². The average Bonchev–Trinajstić information content (AvgIpc) is 2.83. The first-order valence-electron chi connectivity index (χ1n) is 10.8. The van der Waals surface area contributed by atoms with Gasteiger partial charge in [0, 0.05) is 21.8 Å². The van der Waals surface area contributed by atoms with E-state index in [4.69, 9.17) is 21.4 Å². The van der Waals surface area contributed by atoms with Crippen LogP contribution < -0.4 is 10.1 Å². The van der Waals surface area contributed by atoms with Crippen molar-refractivity contribution in [3.63, 3.8) is 0 Å². The molecule has 0 aliphatic carbocycles. The van der Waals surface area contributed by atoms with Crippen LogP contribution in [0.4, 0.5) is 5.69 Å². The van der Waals surface area contributed by atoms with Gasteiger partial charge in [-0.15, -0.1) is 0 Å². The molecule has 9 heteroatoms. The van der Waals surface area contributed by atoms with Gasteiger partial charge in [-0.25, -0.2) is 4.79 Å². The van der Waals surface area contributed by atoms with E-state index >= 15 is 0 Å². The number of carbonyl (C=O) groups is 5. The molecular formula is C27H22ClNO7. The standard InChI is InChI=1S/C27H22ClNO7/c1-15-4-3-5-18(10-15)26(33)20-12-19(28)7-9-24(20)36-14-25(32)29-21-8-6-17(11-16(21)2)22(30)13-23(31)27(34)35/h3-12H,13-14H2,1-2H3,(H,29,32)(H,34,35). The fourth-order valence-electron chi connectivity index (χ4n) is 3.38. The first-order chi connectivity index (χ1) is 17.0. The second-order valence-electron chi connectivity index (χ2n) is 8.03. The molecule has 3 aromatic carbocycles. The molecule has 0 heterocycles. The number of carboxylic acid groups (broad SMARTS) is 1. The molecule has 0 atom stereocenters. The van der Waals surface area contributed by atoms with Gasteiger partial charge >= 0.3 is 5.97 Å². The molecule has 0 saturated carbocycles.